The van der Waals surface area contributed by atoms with E-state index in [0.29, 0.717) is 25.6 Å². The maximum atomic E-state index is 5.58. The van der Waals surface area contributed by atoms with E-state index in [0.717, 1.165) is 36.0 Å². The Hall–Kier alpha value is -1.61. The summed E-state index contributed by atoms with van der Waals surface area (Å²) in [7, 11) is 1.74. The SMILES string of the molecule is CN=C(NCCOCCC(C)C)NCc1cc(-c2ccccc2)on1.I. The van der Waals surface area contributed by atoms with E-state index in [1.807, 2.05) is 36.4 Å². The Morgan fingerprint density at radius 3 is 2.65 bits per heavy atom. The summed E-state index contributed by atoms with van der Waals surface area (Å²) in [6.07, 6.45) is 1.09. The Morgan fingerprint density at radius 1 is 1.19 bits per heavy atom. The Morgan fingerprint density at radius 2 is 1.96 bits per heavy atom. The molecule has 0 saturated carbocycles. The maximum Gasteiger partial charge on any atom is 0.191 e. The molecule has 0 fully saturated rings. The molecular formula is C19H29IN4O2. The second-order valence-electron chi connectivity index (χ2n) is 6.20. The van der Waals surface area contributed by atoms with Crippen LogP contribution in [-0.2, 0) is 11.3 Å². The van der Waals surface area contributed by atoms with Crippen LogP contribution >= 0.6 is 24.0 Å². The zero-order chi connectivity index (χ0) is 17.9. The molecule has 1 aromatic carbocycles. The molecule has 0 amide bonds. The third-order valence-electron chi connectivity index (χ3n) is 3.66. The highest BCUT2D eigenvalue weighted by molar-refractivity contribution is 14.0. The van der Waals surface area contributed by atoms with Crippen molar-refractivity contribution in [2.45, 2.75) is 26.8 Å². The quantitative estimate of drug-likeness (QED) is 0.252. The first-order valence-electron chi connectivity index (χ1n) is 8.72. The fourth-order valence-corrected chi connectivity index (χ4v) is 2.19. The summed E-state index contributed by atoms with van der Waals surface area (Å²) in [5.74, 6) is 2.15. The van der Waals surface area contributed by atoms with Gasteiger partial charge < -0.3 is 19.9 Å². The molecule has 0 saturated heterocycles. The first-order valence-corrected chi connectivity index (χ1v) is 8.72. The highest BCUT2D eigenvalue weighted by Crippen LogP contribution is 2.19. The number of rotatable bonds is 9. The standard InChI is InChI=1S/C19H28N4O2.HI/c1-15(2)9-11-24-12-10-21-19(20-3)22-14-17-13-18(25-23-17)16-7-5-4-6-8-16;/h4-8,13,15H,9-12,14H2,1-3H3,(H2,20,21,22);1H. The van der Waals surface area contributed by atoms with E-state index >= 15 is 0 Å². The third-order valence-corrected chi connectivity index (χ3v) is 3.66. The van der Waals surface area contributed by atoms with Gasteiger partial charge >= 0.3 is 0 Å². The molecule has 0 radical (unpaired) electrons. The van der Waals surface area contributed by atoms with Gasteiger partial charge in [-0.1, -0.05) is 49.3 Å². The van der Waals surface area contributed by atoms with Gasteiger partial charge in [-0.15, -0.1) is 24.0 Å². The van der Waals surface area contributed by atoms with E-state index in [2.05, 4.69) is 34.6 Å². The number of guanidine groups is 1. The van der Waals surface area contributed by atoms with E-state index < -0.39 is 0 Å². The molecule has 0 aliphatic carbocycles. The minimum Gasteiger partial charge on any atom is -0.380 e. The number of aliphatic imine (C=N–C) groups is 1. The van der Waals surface area contributed by atoms with Gasteiger partial charge in [0.2, 0.25) is 0 Å². The molecule has 144 valence electrons. The summed E-state index contributed by atoms with van der Waals surface area (Å²) in [5, 5.41) is 10.5. The van der Waals surface area contributed by atoms with Crippen molar-refractivity contribution in [1.29, 1.82) is 0 Å². The highest BCUT2D eigenvalue weighted by Gasteiger charge is 2.07. The van der Waals surface area contributed by atoms with E-state index in [-0.39, 0.29) is 24.0 Å². The predicted octanol–water partition coefficient (Wildman–Crippen LogP) is 3.69. The van der Waals surface area contributed by atoms with Gasteiger partial charge in [0.05, 0.1) is 13.2 Å². The normalized spacial score (nSPS) is 11.3. The van der Waals surface area contributed by atoms with Crippen LogP contribution in [0.5, 0.6) is 0 Å². The van der Waals surface area contributed by atoms with Crippen LogP contribution in [0.15, 0.2) is 45.9 Å². The summed E-state index contributed by atoms with van der Waals surface area (Å²) < 4.78 is 11.0. The lowest BCUT2D eigenvalue weighted by molar-refractivity contribution is 0.128. The molecule has 0 atom stereocenters. The second kappa shape index (κ2) is 12.7. The number of nitrogens with one attached hydrogen (secondary N) is 2. The second-order valence-corrected chi connectivity index (χ2v) is 6.20. The molecular weight excluding hydrogens is 443 g/mol. The van der Waals surface area contributed by atoms with Gasteiger partial charge in [-0.3, -0.25) is 4.99 Å². The van der Waals surface area contributed by atoms with E-state index in [1.54, 1.807) is 7.05 Å². The molecule has 1 aromatic heterocycles. The van der Waals surface area contributed by atoms with E-state index in [9.17, 15) is 0 Å². The van der Waals surface area contributed by atoms with Gasteiger partial charge in [0.1, 0.15) is 5.69 Å². The molecule has 1 heterocycles. The molecule has 2 aromatic rings. The Bertz CT molecular complexity index is 644. The summed E-state index contributed by atoms with van der Waals surface area (Å²) in [5.41, 5.74) is 1.84. The number of hydrogen-bond donors (Lipinski definition) is 2. The van der Waals surface area contributed by atoms with Gasteiger partial charge in [0, 0.05) is 31.8 Å². The van der Waals surface area contributed by atoms with Gasteiger partial charge in [-0.05, 0) is 12.3 Å². The maximum absolute atomic E-state index is 5.58. The number of hydrogen-bond acceptors (Lipinski definition) is 4. The van der Waals surface area contributed by atoms with Crippen molar-refractivity contribution in [1.82, 2.24) is 15.8 Å². The molecule has 0 aliphatic rings. The van der Waals surface area contributed by atoms with Crippen LogP contribution in [0.1, 0.15) is 26.0 Å². The topological polar surface area (TPSA) is 71.7 Å². The van der Waals surface area contributed by atoms with Crippen molar-refractivity contribution in [3.8, 4) is 11.3 Å². The molecule has 0 spiro atoms. The van der Waals surface area contributed by atoms with Crippen LogP contribution in [0.25, 0.3) is 11.3 Å². The lowest BCUT2D eigenvalue weighted by Gasteiger charge is -2.11. The fraction of sp³-hybridized carbons (Fsp3) is 0.474. The summed E-state index contributed by atoms with van der Waals surface area (Å²) in [6.45, 7) is 7.11. The van der Waals surface area contributed by atoms with Crippen molar-refractivity contribution in [3.63, 3.8) is 0 Å². The minimum absolute atomic E-state index is 0. The largest absolute Gasteiger partial charge is 0.380 e. The van der Waals surface area contributed by atoms with Crippen molar-refractivity contribution < 1.29 is 9.26 Å². The molecule has 7 heteroatoms. The molecule has 0 bridgehead atoms. The first-order chi connectivity index (χ1) is 12.2. The van der Waals surface area contributed by atoms with Gasteiger partial charge in [-0.25, -0.2) is 0 Å². The van der Waals surface area contributed by atoms with Crippen molar-refractivity contribution in [2.24, 2.45) is 10.9 Å². The highest BCUT2D eigenvalue weighted by atomic mass is 127. The molecule has 0 aliphatic heterocycles. The van der Waals surface area contributed by atoms with Crippen LogP contribution in [0, 0.1) is 5.92 Å². The zero-order valence-corrected chi connectivity index (χ0v) is 18.0. The number of halogens is 1. The molecule has 26 heavy (non-hydrogen) atoms. The average molecular weight is 472 g/mol. The molecule has 2 N–H and O–H groups in total. The van der Waals surface area contributed by atoms with Crippen LogP contribution in [-0.4, -0.2) is 37.9 Å². The molecule has 6 nitrogen and oxygen atoms in total. The average Bonchev–Trinajstić information content (AvgIpc) is 3.10. The molecule has 0 unspecified atom stereocenters. The van der Waals surface area contributed by atoms with Crippen LogP contribution in [0.3, 0.4) is 0 Å². The molecule has 2 rings (SSSR count). The Kier molecular flexibility index (Phi) is 11.0. The van der Waals surface area contributed by atoms with Crippen molar-refractivity contribution >= 4 is 29.9 Å². The summed E-state index contributed by atoms with van der Waals surface area (Å²) in [4.78, 5) is 4.19. The first kappa shape index (κ1) is 22.4. The van der Waals surface area contributed by atoms with Crippen LogP contribution in [0.4, 0.5) is 0 Å². The van der Waals surface area contributed by atoms with Crippen molar-refractivity contribution in [3.05, 3.63) is 42.1 Å². The van der Waals surface area contributed by atoms with Gasteiger partial charge in [-0.2, -0.15) is 0 Å². The minimum atomic E-state index is 0. The predicted molar refractivity (Wildman–Crippen MR) is 116 cm³/mol. The third kappa shape index (κ3) is 8.18. The zero-order valence-electron chi connectivity index (χ0n) is 15.7. The number of aromatic nitrogens is 1. The van der Waals surface area contributed by atoms with E-state index in [1.165, 1.54) is 0 Å². The van der Waals surface area contributed by atoms with Gasteiger partial charge in [0.15, 0.2) is 11.7 Å². The lowest BCUT2D eigenvalue weighted by atomic mass is 10.1. The number of ether oxygens (including phenoxy) is 1. The summed E-state index contributed by atoms with van der Waals surface area (Å²) >= 11 is 0. The Balaban J connectivity index is 0.00000338. The summed E-state index contributed by atoms with van der Waals surface area (Å²) in [6, 6.07) is 11.9. The van der Waals surface area contributed by atoms with Gasteiger partial charge in [0.25, 0.3) is 0 Å². The van der Waals surface area contributed by atoms with Crippen LogP contribution < -0.4 is 10.6 Å². The van der Waals surface area contributed by atoms with Crippen LogP contribution in [0.2, 0.25) is 0 Å². The fourth-order valence-electron chi connectivity index (χ4n) is 2.19. The lowest BCUT2D eigenvalue weighted by Crippen LogP contribution is -2.38. The Labute approximate surface area is 172 Å². The number of benzene rings is 1. The van der Waals surface area contributed by atoms with Crippen molar-refractivity contribution in [2.75, 3.05) is 26.8 Å². The smallest absolute Gasteiger partial charge is 0.191 e. The van der Waals surface area contributed by atoms with E-state index in [4.69, 9.17) is 9.26 Å². The number of nitrogens with zero attached hydrogens (tertiary/aromatic N) is 2. The monoisotopic (exact) mass is 472 g/mol.